The monoisotopic (exact) mass is 383 g/mol. The Labute approximate surface area is 148 Å². The quantitative estimate of drug-likeness (QED) is 0.809. The van der Waals surface area contributed by atoms with Crippen molar-refractivity contribution in [2.45, 2.75) is 6.18 Å². The van der Waals surface area contributed by atoms with Crippen LogP contribution in [0.25, 0.3) is 0 Å². The molecule has 1 aromatic carbocycles. The minimum absolute atomic E-state index is 0. The van der Waals surface area contributed by atoms with Crippen LogP contribution in [0.4, 0.5) is 17.6 Å². The number of nitrogens with one attached hydrogen (secondary N) is 1. The van der Waals surface area contributed by atoms with Gasteiger partial charge >= 0.3 is 6.18 Å². The molecule has 1 fully saturated rings. The number of benzene rings is 1. The van der Waals surface area contributed by atoms with Crippen molar-refractivity contribution in [1.82, 2.24) is 15.1 Å². The average molecular weight is 384 g/mol. The minimum atomic E-state index is -4.89. The summed E-state index contributed by atoms with van der Waals surface area (Å²) in [6.07, 6.45) is -4.89. The number of hydrogen-bond acceptors (Lipinski definition) is 3. The molecule has 25 heavy (non-hydrogen) atoms. The van der Waals surface area contributed by atoms with Crippen LogP contribution in [0.2, 0.25) is 0 Å². The molecule has 1 saturated heterocycles. The number of amides is 2. The van der Waals surface area contributed by atoms with E-state index in [9.17, 15) is 27.2 Å². The first-order valence-corrected chi connectivity index (χ1v) is 7.31. The molecular formula is C15H18ClF4N3O2. The Morgan fingerprint density at radius 3 is 2.40 bits per heavy atom. The molecule has 0 radical (unpaired) electrons. The van der Waals surface area contributed by atoms with E-state index < -0.39 is 29.0 Å². The van der Waals surface area contributed by atoms with E-state index in [4.69, 9.17) is 0 Å². The first-order chi connectivity index (χ1) is 11.2. The van der Waals surface area contributed by atoms with Crippen LogP contribution in [0.5, 0.6) is 0 Å². The van der Waals surface area contributed by atoms with Gasteiger partial charge in [0.25, 0.3) is 5.91 Å². The lowest BCUT2D eigenvalue weighted by Crippen LogP contribution is -2.49. The zero-order chi connectivity index (χ0) is 17.9. The first kappa shape index (κ1) is 21.2. The van der Waals surface area contributed by atoms with Crippen LogP contribution in [0.3, 0.4) is 0 Å². The van der Waals surface area contributed by atoms with Crippen LogP contribution in [0.1, 0.15) is 15.9 Å². The van der Waals surface area contributed by atoms with Crippen LogP contribution in [-0.2, 0) is 11.0 Å². The smallest absolute Gasteiger partial charge is 0.339 e. The van der Waals surface area contributed by atoms with E-state index in [-0.39, 0.29) is 24.9 Å². The van der Waals surface area contributed by atoms with Gasteiger partial charge in [-0.25, -0.2) is 4.39 Å². The molecule has 0 unspecified atom stereocenters. The Balaban J connectivity index is 0.00000312. The number of piperazine rings is 1. The zero-order valence-electron chi connectivity index (χ0n) is 13.4. The summed E-state index contributed by atoms with van der Waals surface area (Å²) in [7, 11) is 1.25. The fourth-order valence-corrected chi connectivity index (χ4v) is 2.41. The highest BCUT2D eigenvalue weighted by Gasteiger charge is 2.36. The van der Waals surface area contributed by atoms with Crippen LogP contribution in [-0.4, -0.2) is 61.4 Å². The van der Waals surface area contributed by atoms with Crippen molar-refractivity contribution in [3.05, 3.63) is 35.1 Å². The lowest BCUT2D eigenvalue weighted by Gasteiger charge is -2.29. The van der Waals surface area contributed by atoms with Gasteiger partial charge in [-0.2, -0.15) is 13.2 Å². The second-order valence-corrected chi connectivity index (χ2v) is 5.46. The summed E-state index contributed by atoms with van der Waals surface area (Å²) in [5, 5.41) is 3.07. The third kappa shape index (κ3) is 5.05. The zero-order valence-corrected chi connectivity index (χ0v) is 14.2. The van der Waals surface area contributed by atoms with E-state index in [2.05, 4.69) is 5.32 Å². The first-order valence-electron chi connectivity index (χ1n) is 7.31. The van der Waals surface area contributed by atoms with Gasteiger partial charge in [0, 0.05) is 33.2 Å². The maximum Gasteiger partial charge on any atom is 0.419 e. The number of nitrogens with zero attached hydrogens (tertiary/aromatic N) is 2. The number of likely N-dealkylation sites (N-methyl/N-ethyl adjacent to an activating group) is 1. The molecule has 1 heterocycles. The van der Waals surface area contributed by atoms with Gasteiger partial charge in [0.05, 0.1) is 17.7 Å². The molecule has 1 N–H and O–H groups in total. The lowest BCUT2D eigenvalue weighted by atomic mass is 10.1. The molecular weight excluding hydrogens is 366 g/mol. The summed E-state index contributed by atoms with van der Waals surface area (Å²) in [5.74, 6) is -2.93. The maximum atomic E-state index is 14.0. The summed E-state index contributed by atoms with van der Waals surface area (Å²) in [4.78, 5) is 26.7. The standard InChI is InChI=1S/C15H17F4N3O2.ClH/c1-21(9-12(23)22-7-5-20-6-8-22)14(24)10-3-2-4-11(13(10)16)15(17,18)19;/h2-4,20H,5-9H2,1H3;1H. The third-order valence-corrected chi connectivity index (χ3v) is 3.72. The van der Waals surface area contributed by atoms with Crippen molar-refractivity contribution < 1.29 is 27.2 Å². The van der Waals surface area contributed by atoms with E-state index in [1.807, 2.05) is 0 Å². The largest absolute Gasteiger partial charge is 0.419 e. The van der Waals surface area contributed by atoms with Gasteiger partial charge in [0.15, 0.2) is 0 Å². The van der Waals surface area contributed by atoms with Gasteiger partial charge in [0.1, 0.15) is 5.82 Å². The Bertz CT molecular complexity index is 634. The van der Waals surface area contributed by atoms with Crippen molar-refractivity contribution in [1.29, 1.82) is 0 Å². The number of carbonyl (C=O) groups is 2. The normalized spacial score (nSPS) is 14.7. The minimum Gasteiger partial charge on any atom is -0.339 e. The Hall–Kier alpha value is -1.87. The SMILES string of the molecule is CN(CC(=O)N1CCNCC1)C(=O)c1cccc(C(F)(F)F)c1F.Cl. The van der Waals surface area contributed by atoms with Crippen LogP contribution < -0.4 is 5.32 Å². The van der Waals surface area contributed by atoms with Crippen molar-refractivity contribution in [2.24, 2.45) is 0 Å². The van der Waals surface area contributed by atoms with Crippen LogP contribution in [0, 0.1) is 5.82 Å². The van der Waals surface area contributed by atoms with E-state index in [1.54, 1.807) is 4.90 Å². The molecule has 0 saturated carbocycles. The van der Waals surface area contributed by atoms with Crippen molar-refractivity contribution >= 4 is 24.2 Å². The van der Waals surface area contributed by atoms with Gasteiger partial charge in [-0.1, -0.05) is 6.07 Å². The van der Waals surface area contributed by atoms with Crippen LogP contribution >= 0.6 is 12.4 Å². The lowest BCUT2D eigenvalue weighted by molar-refractivity contribution is -0.140. The highest BCUT2D eigenvalue weighted by atomic mass is 35.5. The summed E-state index contributed by atoms with van der Waals surface area (Å²) in [6, 6.07) is 2.50. The number of carbonyl (C=O) groups excluding carboxylic acids is 2. The van der Waals surface area contributed by atoms with Gasteiger partial charge in [-0.15, -0.1) is 12.4 Å². The Kier molecular flexibility index (Phi) is 7.18. The molecule has 1 aliphatic heterocycles. The summed E-state index contributed by atoms with van der Waals surface area (Å²) >= 11 is 0. The molecule has 0 spiro atoms. The maximum absolute atomic E-state index is 14.0. The summed E-state index contributed by atoms with van der Waals surface area (Å²) in [5.41, 5.74) is -2.21. The van der Waals surface area contributed by atoms with Gasteiger partial charge < -0.3 is 15.1 Å². The number of rotatable bonds is 3. The predicted octanol–water partition coefficient (Wildman–Crippen LogP) is 1.77. The molecule has 1 aromatic rings. The van der Waals surface area contributed by atoms with Crippen molar-refractivity contribution in [3.8, 4) is 0 Å². The summed E-state index contributed by atoms with van der Waals surface area (Å²) in [6.45, 7) is 1.91. The topological polar surface area (TPSA) is 52.7 Å². The molecule has 1 aliphatic rings. The van der Waals surface area contributed by atoms with Gasteiger partial charge in [-0.05, 0) is 12.1 Å². The van der Waals surface area contributed by atoms with E-state index in [0.29, 0.717) is 32.2 Å². The van der Waals surface area contributed by atoms with Crippen LogP contribution in [0.15, 0.2) is 18.2 Å². The molecule has 5 nitrogen and oxygen atoms in total. The molecule has 2 rings (SSSR count). The molecule has 140 valence electrons. The Morgan fingerprint density at radius 1 is 1.24 bits per heavy atom. The predicted molar refractivity (Wildman–Crippen MR) is 85.1 cm³/mol. The molecule has 0 bridgehead atoms. The Morgan fingerprint density at radius 2 is 1.84 bits per heavy atom. The molecule has 0 aliphatic carbocycles. The number of hydrogen-bond donors (Lipinski definition) is 1. The van der Waals surface area contributed by atoms with Crippen molar-refractivity contribution in [3.63, 3.8) is 0 Å². The fraction of sp³-hybridized carbons (Fsp3) is 0.467. The molecule has 0 aromatic heterocycles. The highest BCUT2D eigenvalue weighted by molar-refractivity contribution is 5.96. The van der Waals surface area contributed by atoms with Crippen molar-refractivity contribution in [2.75, 3.05) is 39.8 Å². The molecule has 10 heteroatoms. The molecule has 0 atom stereocenters. The highest BCUT2D eigenvalue weighted by Crippen LogP contribution is 2.32. The second-order valence-electron chi connectivity index (χ2n) is 5.46. The van der Waals surface area contributed by atoms with E-state index in [0.717, 1.165) is 17.0 Å². The number of alkyl halides is 3. The average Bonchev–Trinajstić information content (AvgIpc) is 2.54. The fourth-order valence-electron chi connectivity index (χ4n) is 2.41. The number of halogens is 5. The molecule has 2 amide bonds. The second kappa shape index (κ2) is 8.48. The van der Waals surface area contributed by atoms with E-state index >= 15 is 0 Å². The summed E-state index contributed by atoms with van der Waals surface area (Å²) < 4.78 is 52.1. The third-order valence-electron chi connectivity index (χ3n) is 3.72. The van der Waals surface area contributed by atoms with E-state index in [1.165, 1.54) is 7.05 Å². The van der Waals surface area contributed by atoms with Gasteiger partial charge in [0.2, 0.25) is 5.91 Å². The van der Waals surface area contributed by atoms with Gasteiger partial charge in [-0.3, -0.25) is 9.59 Å².